The molecule has 0 bridgehead atoms. The van der Waals surface area contributed by atoms with Crippen molar-refractivity contribution in [2.45, 2.75) is 0 Å². The minimum absolute atomic E-state index is 0.335. The lowest BCUT2D eigenvalue weighted by molar-refractivity contribution is 0.0601. The number of nitrogens with zero attached hydrogens (tertiary/aromatic N) is 1. The first-order valence-corrected chi connectivity index (χ1v) is 4.91. The largest absolute Gasteiger partial charge is 0.465 e. The number of ether oxygens (including phenoxy) is 1. The van der Waals surface area contributed by atoms with Gasteiger partial charge in [0.2, 0.25) is 0 Å². The van der Waals surface area contributed by atoms with Crippen LogP contribution in [-0.2, 0) is 4.74 Å². The van der Waals surface area contributed by atoms with E-state index in [0.717, 1.165) is 11.3 Å². The van der Waals surface area contributed by atoms with Crippen molar-refractivity contribution in [1.82, 2.24) is 4.98 Å². The fraction of sp³-hybridized carbons (Fsp3) is 0.0769. The number of benzene rings is 1. The Morgan fingerprint density at radius 1 is 1.19 bits per heavy atom. The molecule has 2 rings (SSSR count). The third-order valence-electron chi connectivity index (χ3n) is 2.24. The van der Waals surface area contributed by atoms with E-state index in [2.05, 4.69) is 9.72 Å². The second-order valence-electron chi connectivity index (χ2n) is 3.29. The maximum absolute atomic E-state index is 11.4. The number of aromatic nitrogens is 1. The first-order valence-electron chi connectivity index (χ1n) is 4.91. The summed E-state index contributed by atoms with van der Waals surface area (Å²) >= 11 is 0. The molecule has 0 unspecified atom stereocenters. The summed E-state index contributed by atoms with van der Waals surface area (Å²) in [5.74, 6) is -0.335. The lowest BCUT2D eigenvalue weighted by atomic mass is 10.1. The third-order valence-corrected chi connectivity index (χ3v) is 2.24. The van der Waals surface area contributed by atoms with Gasteiger partial charge < -0.3 is 4.74 Å². The van der Waals surface area contributed by atoms with Gasteiger partial charge >= 0.3 is 5.97 Å². The van der Waals surface area contributed by atoms with Gasteiger partial charge in [-0.05, 0) is 24.3 Å². The van der Waals surface area contributed by atoms with E-state index in [9.17, 15) is 4.79 Å². The van der Waals surface area contributed by atoms with Crippen molar-refractivity contribution in [2.75, 3.05) is 7.11 Å². The summed E-state index contributed by atoms with van der Waals surface area (Å²) in [5, 5.41) is 0. The highest BCUT2D eigenvalue weighted by molar-refractivity contribution is 5.90. The van der Waals surface area contributed by atoms with Crippen LogP contribution in [0.25, 0.3) is 11.3 Å². The smallest absolute Gasteiger partial charge is 0.337 e. The molecule has 1 aromatic carbocycles. The normalized spacial score (nSPS) is 9.81. The van der Waals surface area contributed by atoms with E-state index in [-0.39, 0.29) is 5.97 Å². The van der Waals surface area contributed by atoms with Crippen LogP contribution in [0.5, 0.6) is 0 Å². The molecule has 0 saturated heterocycles. The van der Waals surface area contributed by atoms with Crippen molar-refractivity contribution >= 4 is 5.97 Å². The van der Waals surface area contributed by atoms with E-state index >= 15 is 0 Å². The van der Waals surface area contributed by atoms with Crippen LogP contribution in [0.2, 0.25) is 0 Å². The van der Waals surface area contributed by atoms with Gasteiger partial charge in [0, 0.05) is 11.8 Å². The van der Waals surface area contributed by atoms with E-state index < -0.39 is 0 Å². The van der Waals surface area contributed by atoms with E-state index in [0.29, 0.717) is 5.56 Å². The van der Waals surface area contributed by atoms with E-state index in [1.165, 1.54) is 7.11 Å². The highest BCUT2D eigenvalue weighted by atomic mass is 16.5. The first kappa shape index (κ1) is 10.4. The molecular weight excluding hydrogens is 202 g/mol. The van der Waals surface area contributed by atoms with Gasteiger partial charge in [0.1, 0.15) is 0 Å². The molecule has 0 atom stereocenters. The predicted molar refractivity (Wildman–Crippen MR) is 61.0 cm³/mol. The Kier molecular flexibility index (Phi) is 2.96. The number of carbonyl (C=O) groups is 1. The third kappa shape index (κ3) is 2.08. The maximum Gasteiger partial charge on any atom is 0.337 e. The Morgan fingerprint density at radius 2 is 2.06 bits per heavy atom. The number of methoxy groups -OCH3 is 1. The fourth-order valence-corrected chi connectivity index (χ4v) is 1.46. The molecule has 0 spiro atoms. The molecule has 1 aromatic heterocycles. The van der Waals surface area contributed by atoms with Crippen LogP contribution in [0.3, 0.4) is 0 Å². The van der Waals surface area contributed by atoms with Crippen LogP contribution < -0.4 is 0 Å². The average molecular weight is 213 g/mol. The van der Waals surface area contributed by atoms with Crippen LogP contribution in [0.1, 0.15) is 10.4 Å². The van der Waals surface area contributed by atoms with Gasteiger partial charge in [-0.3, -0.25) is 4.98 Å². The van der Waals surface area contributed by atoms with Gasteiger partial charge in [0.25, 0.3) is 0 Å². The lowest BCUT2D eigenvalue weighted by Gasteiger charge is -2.03. The van der Waals surface area contributed by atoms with Crippen molar-refractivity contribution in [2.24, 2.45) is 0 Å². The number of hydrogen-bond acceptors (Lipinski definition) is 3. The van der Waals surface area contributed by atoms with Crippen molar-refractivity contribution in [1.29, 1.82) is 0 Å². The van der Waals surface area contributed by atoms with Crippen molar-refractivity contribution < 1.29 is 9.53 Å². The van der Waals surface area contributed by atoms with Crippen LogP contribution >= 0.6 is 0 Å². The van der Waals surface area contributed by atoms with Crippen molar-refractivity contribution in [3.63, 3.8) is 0 Å². The first-order chi connectivity index (χ1) is 7.81. The van der Waals surface area contributed by atoms with Gasteiger partial charge in [-0.1, -0.05) is 18.2 Å². The second-order valence-corrected chi connectivity index (χ2v) is 3.29. The standard InChI is InChI=1S/C13H11NO2/c1-16-13(15)11-6-4-5-10(9-11)12-7-2-3-8-14-12/h2-9H,1H3. The number of esters is 1. The van der Waals surface area contributed by atoms with Crippen LogP contribution in [0, 0.1) is 0 Å². The lowest BCUT2D eigenvalue weighted by Crippen LogP contribution is -2.00. The molecule has 0 aliphatic carbocycles. The second kappa shape index (κ2) is 4.57. The Hall–Kier alpha value is -2.16. The Balaban J connectivity index is 2.40. The summed E-state index contributed by atoms with van der Waals surface area (Å²) < 4.78 is 4.67. The molecule has 16 heavy (non-hydrogen) atoms. The van der Waals surface area contributed by atoms with Gasteiger partial charge in [-0.15, -0.1) is 0 Å². The van der Waals surface area contributed by atoms with Crippen molar-refractivity contribution in [3.05, 3.63) is 54.2 Å². The Morgan fingerprint density at radius 3 is 2.75 bits per heavy atom. The quantitative estimate of drug-likeness (QED) is 0.719. The van der Waals surface area contributed by atoms with Gasteiger partial charge in [-0.2, -0.15) is 0 Å². The molecule has 0 fully saturated rings. The van der Waals surface area contributed by atoms with Gasteiger partial charge in [-0.25, -0.2) is 4.79 Å². The molecule has 0 saturated carbocycles. The Labute approximate surface area is 93.7 Å². The van der Waals surface area contributed by atoms with E-state index in [1.54, 1.807) is 18.3 Å². The minimum atomic E-state index is -0.335. The zero-order valence-corrected chi connectivity index (χ0v) is 8.88. The fourth-order valence-electron chi connectivity index (χ4n) is 1.46. The summed E-state index contributed by atoms with van der Waals surface area (Å²) in [6.07, 6.45) is 1.72. The predicted octanol–water partition coefficient (Wildman–Crippen LogP) is 2.54. The van der Waals surface area contributed by atoms with Crippen LogP contribution in [0.15, 0.2) is 48.7 Å². The zero-order chi connectivity index (χ0) is 11.4. The van der Waals surface area contributed by atoms with Gasteiger partial charge in [0.15, 0.2) is 0 Å². The molecule has 0 aliphatic heterocycles. The van der Waals surface area contributed by atoms with Crippen LogP contribution in [0.4, 0.5) is 0 Å². The minimum Gasteiger partial charge on any atom is -0.465 e. The van der Waals surface area contributed by atoms with Crippen molar-refractivity contribution in [3.8, 4) is 11.3 Å². The topological polar surface area (TPSA) is 39.2 Å². The van der Waals surface area contributed by atoms with Crippen LogP contribution in [-0.4, -0.2) is 18.1 Å². The molecule has 0 aliphatic rings. The van der Waals surface area contributed by atoms with E-state index in [4.69, 9.17) is 0 Å². The molecule has 0 amide bonds. The summed E-state index contributed by atoms with van der Waals surface area (Å²) in [7, 11) is 1.37. The summed E-state index contributed by atoms with van der Waals surface area (Å²) in [6.45, 7) is 0. The number of carbonyl (C=O) groups excluding carboxylic acids is 1. The average Bonchev–Trinajstić information content (AvgIpc) is 2.39. The Bertz CT molecular complexity index is 494. The molecule has 0 radical (unpaired) electrons. The zero-order valence-electron chi connectivity index (χ0n) is 8.88. The summed E-state index contributed by atoms with van der Waals surface area (Å²) in [5.41, 5.74) is 2.28. The summed E-state index contributed by atoms with van der Waals surface area (Å²) in [4.78, 5) is 15.6. The highest BCUT2D eigenvalue weighted by Crippen LogP contribution is 2.17. The maximum atomic E-state index is 11.4. The molecule has 2 aromatic rings. The molecule has 80 valence electrons. The number of pyridine rings is 1. The summed E-state index contributed by atoms with van der Waals surface area (Å²) in [6, 6.07) is 12.9. The van der Waals surface area contributed by atoms with Gasteiger partial charge in [0.05, 0.1) is 18.4 Å². The SMILES string of the molecule is COC(=O)c1cccc(-c2ccccn2)c1. The molecule has 3 nitrogen and oxygen atoms in total. The highest BCUT2D eigenvalue weighted by Gasteiger charge is 2.06. The van der Waals surface area contributed by atoms with E-state index in [1.807, 2.05) is 30.3 Å². The molecule has 0 N–H and O–H groups in total. The number of rotatable bonds is 2. The monoisotopic (exact) mass is 213 g/mol. The number of hydrogen-bond donors (Lipinski definition) is 0. The molecule has 1 heterocycles. The molecule has 3 heteroatoms. The molecular formula is C13H11NO2.